The van der Waals surface area contributed by atoms with Crippen molar-refractivity contribution in [3.8, 4) is 0 Å². The molecule has 1 N–H and O–H groups in total. The van der Waals surface area contributed by atoms with E-state index in [1.165, 1.54) is 0 Å². The topological polar surface area (TPSA) is 81.4 Å². The molecule has 0 bridgehead atoms. The lowest BCUT2D eigenvalue weighted by Gasteiger charge is -2.26. The average Bonchev–Trinajstić information content (AvgIpc) is 3.44. The number of nitrogens with zero attached hydrogens (tertiary/aromatic N) is 1. The van der Waals surface area contributed by atoms with Crippen LogP contribution in [0.25, 0.3) is 33.3 Å². The van der Waals surface area contributed by atoms with Crippen LogP contribution in [-0.2, 0) is 16.0 Å². The molecule has 3 aromatic carbocycles. The molecule has 0 fully saturated rings. The summed E-state index contributed by atoms with van der Waals surface area (Å²) >= 11 is 0. The molecular formula is C32H26N2O4. The second kappa shape index (κ2) is 9.98. The summed E-state index contributed by atoms with van der Waals surface area (Å²) in [7, 11) is 0. The Hall–Kier alpha value is -4.71. The Kier molecular flexibility index (Phi) is 6.22. The Morgan fingerprint density at radius 3 is 2.61 bits per heavy atom. The fraction of sp³-hybridized carbons (Fsp3) is 0.156. The molecule has 1 atom stereocenters. The Bertz CT molecular complexity index is 1700. The number of furan rings is 1. The van der Waals surface area contributed by atoms with Gasteiger partial charge in [-0.05, 0) is 65.6 Å². The zero-order valence-corrected chi connectivity index (χ0v) is 20.9. The average molecular weight is 503 g/mol. The Morgan fingerprint density at radius 1 is 0.974 bits per heavy atom. The summed E-state index contributed by atoms with van der Waals surface area (Å²) in [5, 5.41) is 5.54. The standard InChI is InChI=1S/C32H26N2O4/c1-20-16-22(18-23-10-7-15-37-23)31-26(17-20)30(25-12-4-5-13-28(25)34-31)32(36)38-19-29(35)33-27-14-6-9-21-8-2-3-11-24(21)27/h2-15,18,20H,16-17,19H2,1H3,(H,33,35)/b22-18-. The van der Waals surface area contributed by atoms with Crippen molar-refractivity contribution >= 4 is 50.9 Å². The van der Waals surface area contributed by atoms with Gasteiger partial charge in [0.05, 0.1) is 23.0 Å². The van der Waals surface area contributed by atoms with E-state index >= 15 is 0 Å². The van der Waals surface area contributed by atoms with Crippen molar-refractivity contribution in [1.82, 2.24) is 4.98 Å². The number of nitrogens with one attached hydrogen (secondary N) is 1. The van der Waals surface area contributed by atoms with Crippen molar-refractivity contribution in [1.29, 1.82) is 0 Å². The fourth-order valence-electron chi connectivity index (χ4n) is 5.24. The summed E-state index contributed by atoms with van der Waals surface area (Å²) in [6.45, 7) is 1.76. The summed E-state index contributed by atoms with van der Waals surface area (Å²) in [6.07, 6.45) is 5.14. The van der Waals surface area contributed by atoms with Crippen LogP contribution < -0.4 is 5.32 Å². The fourth-order valence-corrected chi connectivity index (χ4v) is 5.24. The van der Waals surface area contributed by atoms with Gasteiger partial charge in [-0.3, -0.25) is 4.79 Å². The van der Waals surface area contributed by atoms with Crippen molar-refractivity contribution in [2.75, 3.05) is 11.9 Å². The minimum absolute atomic E-state index is 0.299. The van der Waals surface area contributed by atoms with Crippen molar-refractivity contribution in [3.05, 3.63) is 108 Å². The van der Waals surface area contributed by atoms with Crippen LogP contribution in [0.5, 0.6) is 0 Å². The van der Waals surface area contributed by atoms with E-state index in [2.05, 4.69) is 12.2 Å². The molecule has 0 saturated heterocycles. The van der Waals surface area contributed by atoms with Crippen molar-refractivity contribution in [2.24, 2.45) is 5.92 Å². The van der Waals surface area contributed by atoms with E-state index in [1.807, 2.05) is 84.9 Å². The van der Waals surface area contributed by atoms with Gasteiger partial charge in [0.1, 0.15) is 5.76 Å². The number of pyridine rings is 1. The Morgan fingerprint density at radius 2 is 1.76 bits per heavy atom. The van der Waals surface area contributed by atoms with Crippen LogP contribution in [-0.4, -0.2) is 23.5 Å². The Balaban J connectivity index is 1.31. The number of anilines is 1. The molecule has 5 aromatic rings. The maximum Gasteiger partial charge on any atom is 0.339 e. The molecule has 6 rings (SSSR count). The number of carbonyl (C=O) groups is 2. The van der Waals surface area contributed by atoms with Gasteiger partial charge in [-0.1, -0.05) is 61.5 Å². The van der Waals surface area contributed by atoms with Gasteiger partial charge in [-0.25, -0.2) is 9.78 Å². The zero-order chi connectivity index (χ0) is 26.1. The van der Waals surface area contributed by atoms with E-state index in [4.69, 9.17) is 14.1 Å². The van der Waals surface area contributed by atoms with Crippen LogP contribution in [0, 0.1) is 5.92 Å². The molecule has 6 nitrogen and oxygen atoms in total. The largest absolute Gasteiger partial charge is 0.465 e. The molecule has 6 heteroatoms. The van der Waals surface area contributed by atoms with Gasteiger partial charge in [0, 0.05) is 16.5 Å². The number of ether oxygens (including phenoxy) is 1. The van der Waals surface area contributed by atoms with Crippen molar-refractivity contribution in [3.63, 3.8) is 0 Å². The van der Waals surface area contributed by atoms with E-state index in [0.29, 0.717) is 29.1 Å². The number of aromatic nitrogens is 1. The molecule has 188 valence electrons. The Labute approximate surface area is 219 Å². The van der Waals surface area contributed by atoms with Gasteiger partial charge in [0.25, 0.3) is 5.91 Å². The molecule has 0 spiro atoms. The number of para-hydroxylation sites is 1. The number of hydrogen-bond donors (Lipinski definition) is 1. The summed E-state index contributed by atoms with van der Waals surface area (Å²) in [4.78, 5) is 31.3. The molecule has 1 aliphatic carbocycles. The third kappa shape index (κ3) is 4.57. The number of amides is 1. The summed E-state index contributed by atoms with van der Waals surface area (Å²) < 4.78 is 11.2. The molecule has 1 unspecified atom stereocenters. The van der Waals surface area contributed by atoms with Gasteiger partial charge in [-0.2, -0.15) is 0 Å². The highest BCUT2D eigenvalue weighted by molar-refractivity contribution is 6.08. The smallest absolute Gasteiger partial charge is 0.339 e. The van der Waals surface area contributed by atoms with Gasteiger partial charge < -0.3 is 14.5 Å². The van der Waals surface area contributed by atoms with E-state index in [9.17, 15) is 9.59 Å². The normalized spacial score (nSPS) is 15.9. The SMILES string of the molecule is CC1C/C(=C/c2ccco2)c2nc3ccccc3c(C(=O)OCC(=O)Nc3cccc4ccccc34)c2C1. The first-order valence-corrected chi connectivity index (χ1v) is 12.7. The molecule has 1 amide bonds. The quantitative estimate of drug-likeness (QED) is 0.264. The molecule has 38 heavy (non-hydrogen) atoms. The summed E-state index contributed by atoms with van der Waals surface area (Å²) in [6, 6.07) is 24.8. The first-order chi connectivity index (χ1) is 18.6. The molecular weight excluding hydrogens is 476 g/mol. The first kappa shape index (κ1) is 23.7. The predicted molar refractivity (Wildman–Crippen MR) is 149 cm³/mol. The summed E-state index contributed by atoms with van der Waals surface area (Å²) in [5.74, 6) is 0.116. The molecule has 2 heterocycles. The highest BCUT2D eigenvalue weighted by atomic mass is 16.5. The predicted octanol–water partition coefficient (Wildman–Crippen LogP) is 6.90. The molecule has 2 aromatic heterocycles. The zero-order valence-electron chi connectivity index (χ0n) is 20.9. The van der Waals surface area contributed by atoms with E-state index < -0.39 is 18.5 Å². The highest BCUT2D eigenvalue weighted by Crippen LogP contribution is 2.38. The molecule has 0 radical (unpaired) electrons. The minimum Gasteiger partial charge on any atom is -0.465 e. The molecule has 1 aliphatic rings. The van der Waals surface area contributed by atoms with Crippen LogP contribution in [0.3, 0.4) is 0 Å². The summed E-state index contributed by atoms with van der Waals surface area (Å²) in [5.41, 5.74) is 4.50. The second-order valence-electron chi connectivity index (χ2n) is 9.68. The number of rotatable bonds is 5. The first-order valence-electron chi connectivity index (χ1n) is 12.7. The number of fused-ring (bicyclic) bond motifs is 3. The highest BCUT2D eigenvalue weighted by Gasteiger charge is 2.29. The van der Waals surface area contributed by atoms with Gasteiger partial charge in [-0.15, -0.1) is 0 Å². The maximum atomic E-state index is 13.6. The van der Waals surface area contributed by atoms with E-state index in [-0.39, 0.29) is 0 Å². The monoisotopic (exact) mass is 502 g/mol. The molecule has 0 aliphatic heterocycles. The third-order valence-electron chi connectivity index (χ3n) is 6.88. The molecule has 0 saturated carbocycles. The van der Waals surface area contributed by atoms with Crippen LogP contribution >= 0.6 is 0 Å². The number of benzene rings is 3. The van der Waals surface area contributed by atoms with Crippen LogP contribution in [0.1, 0.15) is 40.7 Å². The number of carbonyl (C=O) groups excluding carboxylic acids is 2. The second-order valence-corrected chi connectivity index (χ2v) is 9.68. The number of hydrogen-bond acceptors (Lipinski definition) is 5. The van der Waals surface area contributed by atoms with Crippen LogP contribution in [0.2, 0.25) is 0 Å². The maximum absolute atomic E-state index is 13.6. The van der Waals surface area contributed by atoms with Gasteiger partial charge >= 0.3 is 5.97 Å². The van der Waals surface area contributed by atoms with Crippen molar-refractivity contribution in [2.45, 2.75) is 19.8 Å². The number of esters is 1. The van der Waals surface area contributed by atoms with E-state index in [0.717, 1.165) is 45.2 Å². The van der Waals surface area contributed by atoms with Crippen LogP contribution in [0.4, 0.5) is 5.69 Å². The minimum atomic E-state index is -0.528. The number of allylic oxidation sites excluding steroid dienone is 1. The lowest BCUT2D eigenvalue weighted by atomic mass is 9.81. The van der Waals surface area contributed by atoms with E-state index in [1.54, 1.807) is 6.26 Å². The third-order valence-corrected chi connectivity index (χ3v) is 6.88. The van der Waals surface area contributed by atoms with Crippen molar-refractivity contribution < 1.29 is 18.7 Å². The lowest BCUT2D eigenvalue weighted by molar-refractivity contribution is -0.119. The van der Waals surface area contributed by atoms with Gasteiger partial charge in [0.2, 0.25) is 0 Å². The lowest BCUT2D eigenvalue weighted by Crippen LogP contribution is -2.23. The van der Waals surface area contributed by atoms with Crippen LogP contribution in [0.15, 0.2) is 89.5 Å². The van der Waals surface area contributed by atoms with Gasteiger partial charge in [0.15, 0.2) is 6.61 Å².